The van der Waals surface area contributed by atoms with E-state index in [0.717, 1.165) is 97.3 Å². The Morgan fingerprint density at radius 1 is 0.717 bits per heavy atom. The molecule has 6 unspecified atom stereocenters. The van der Waals surface area contributed by atoms with Crippen molar-refractivity contribution in [3.8, 4) is 22.6 Å². The van der Waals surface area contributed by atoms with Gasteiger partial charge >= 0.3 is 0 Å². The van der Waals surface area contributed by atoms with Gasteiger partial charge in [0.1, 0.15) is 11.5 Å². The van der Waals surface area contributed by atoms with Crippen molar-refractivity contribution in [3.63, 3.8) is 0 Å². The zero-order valence-electron chi connectivity index (χ0n) is 29.1. The first-order valence-corrected chi connectivity index (χ1v) is 19.0. The largest absolute Gasteiger partial charge is 0.377 e. The number of hydrogen-bond acceptors (Lipinski definition) is 13. The topological polar surface area (TPSA) is 144 Å². The van der Waals surface area contributed by atoms with E-state index >= 15 is 0 Å². The van der Waals surface area contributed by atoms with Gasteiger partial charge < -0.3 is 34.2 Å². The van der Waals surface area contributed by atoms with Crippen molar-refractivity contribution >= 4 is 46.1 Å². The Morgan fingerprint density at radius 2 is 1.26 bits per heavy atom. The van der Waals surface area contributed by atoms with Crippen LogP contribution in [0.3, 0.4) is 0 Å². The molecule has 2 aromatic carbocycles. The molecule has 6 fully saturated rings. The molecule has 15 heteroatoms. The number of nitro benzene ring substituents is 1. The van der Waals surface area contributed by atoms with Crippen LogP contribution in [-0.4, -0.2) is 101 Å². The van der Waals surface area contributed by atoms with Crippen LogP contribution in [0.15, 0.2) is 54.6 Å². The molecule has 6 saturated heterocycles. The molecular weight excluding hydrogens is 698 g/mol. The van der Waals surface area contributed by atoms with Crippen molar-refractivity contribution in [1.82, 2.24) is 19.9 Å². The highest BCUT2D eigenvalue weighted by atomic mass is 35.5. The standard InChI is InChI=1S/C38H40ClN9O5/c39-38-41-32(15-33(42-38)45-16-30-13-14-31(17-45)53-30)22-1-5-24(6-2-22)40-34-36(46-26-9-10-27(46)19-51-18-26)43-35(23-3-7-25(8-4-23)48(49)50)44-37(34)47-28-11-12-29(47)21-52-20-28/h1-8,15,26-31,40H,9-14,16-21H2. The molecule has 0 amide bonds. The number of non-ortho nitro benzene ring substituents is 1. The Balaban J connectivity index is 1.04. The van der Waals surface area contributed by atoms with E-state index in [0.29, 0.717) is 32.3 Å². The number of nitrogens with zero attached hydrogens (tertiary/aromatic N) is 8. The molecular formula is C38H40ClN9O5. The first kappa shape index (κ1) is 33.0. The van der Waals surface area contributed by atoms with Crippen LogP contribution in [0.2, 0.25) is 5.28 Å². The van der Waals surface area contributed by atoms with E-state index in [1.165, 1.54) is 12.1 Å². The molecule has 6 atom stereocenters. The minimum atomic E-state index is -0.387. The fourth-order valence-electron chi connectivity index (χ4n) is 9.12. The summed E-state index contributed by atoms with van der Waals surface area (Å²) in [5, 5.41) is 15.5. The first-order valence-electron chi connectivity index (χ1n) is 18.6. The van der Waals surface area contributed by atoms with Gasteiger partial charge in [0.25, 0.3) is 5.69 Å². The van der Waals surface area contributed by atoms with Gasteiger partial charge in [-0.05, 0) is 74.4 Å². The summed E-state index contributed by atoms with van der Waals surface area (Å²) in [6.45, 7) is 4.14. The van der Waals surface area contributed by atoms with E-state index in [1.807, 2.05) is 6.07 Å². The lowest BCUT2D eigenvalue weighted by atomic mass is 10.1. The molecule has 6 aliphatic heterocycles. The number of morpholine rings is 3. The van der Waals surface area contributed by atoms with Crippen molar-refractivity contribution in [2.24, 2.45) is 0 Å². The lowest BCUT2D eigenvalue weighted by Gasteiger charge is -2.40. The number of halogens is 1. The smallest absolute Gasteiger partial charge is 0.269 e. The zero-order chi connectivity index (χ0) is 35.6. The number of fused-ring (bicyclic) bond motifs is 6. The summed E-state index contributed by atoms with van der Waals surface area (Å²) in [5.41, 5.74) is 4.17. The number of nitro groups is 1. The number of benzene rings is 2. The van der Waals surface area contributed by atoms with Crippen LogP contribution in [0.1, 0.15) is 38.5 Å². The second-order valence-electron chi connectivity index (χ2n) is 15.0. The lowest BCUT2D eigenvalue weighted by molar-refractivity contribution is -0.384. The Kier molecular flexibility index (Phi) is 8.30. The minimum Gasteiger partial charge on any atom is -0.377 e. The molecule has 10 rings (SSSR count). The maximum absolute atomic E-state index is 11.5. The molecule has 274 valence electrons. The summed E-state index contributed by atoms with van der Waals surface area (Å²) in [7, 11) is 0. The van der Waals surface area contributed by atoms with Gasteiger partial charge in [-0.25, -0.2) is 19.9 Å². The van der Waals surface area contributed by atoms with Gasteiger partial charge in [0.2, 0.25) is 5.28 Å². The highest BCUT2D eigenvalue weighted by Gasteiger charge is 2.44. The van der Waals surface area contributed by atoms with Crippen molar-refractivity contribution in [2.45, 2.75) is 74.9 Å². The zero-order valence-corrected chi connectivity index (χ0v) is 29.9. The average molecular weight is 738 g/mol. The maximum atomic E-state index is 11.5. The quantitative estimate of drug-likeness (QED) is 0.128. The predicted octanol–water partition coefficient (Wildman–Crippen LogP) is 6.01. The Hall–Kier alpha value is -4.63. The maximum Gasteiger partial charge on any atom is 0.269 e. The van der Waals surface area contributed by atoms with E-state index in [1.54, 1.807) is 12.1 Å². The second kappa shape index (κ2) is 13.3. The normalized spacial score (nSPS) is 27.4. The van der Waals surface area contributed by atoms with E-state index in [9.17, 15) is 10.1 Å². The first-order chi connectivity index (χ1) is 25.9. The fourth-order valence-corrected chi connectivity index (χ4v) is 9.30. The van der Waals surface area contributed by atoms with Crippen LogP contribution in [-0.2, 0) is 14.2 Å². The average Bonchev–Trinajstić information content (AvgIpc) is 3.74. The molecule has 6 aliphatic rings. The number of rotatable bonds is 8. The van der Waals surface area contributed by atoms with Crippen molar-refractivity contribution in [2.75, 3.05) is 59.5 Å². The van der Waals surface area contributed by atoms with Crippen LogP contribution >= 0.6 is 11.6 Å². The third-order valence-electron chi connectivity index (χ3n) is 11.7. The Morgan fingerprint density at radius 3 is 1.81 bits per heavy atom. The Bertz CT molecular complexity index is 1940. The van der Waals surface area contributed by atoms with Gasteiger partial charge in [-0.3, -0.25) is 10.1 Å². The minimum absolute atomic E-state index is 0.0295. The SMILES string of the molecule is O=[N+]([O-])c1ccc(-c2nc(N3C4CCC3COC4)c(Nc3ccc(-c4cc(N5CC6CCC(C5)O6)nc(Cl)n4)cc3)c(N3C4CCC3COC4)n2)cc1. The predicted molar refractivity (Wildman–Crippen MR) is 200 cm³/mol. The molecule has 0 saturated carbocycles. The van der Waals surface area contributed by atoms with Gasteiger partial charge in [0.05, 0.1) is 73.4 Å². The van der Waals surface area contributed by atoms with E-state index in [4.69, 9.17) is 35.8 Å². The third kappa shape index (κ3) is 6.11. The van der Waals surface area contributed by atoms with E-state index in [-0.39, 0.29) is 52.3 Å². The summed E-state index contributed by atoms with van der Waals surface area (Å²) in [6, 6.07) is 17.5. The van der Waals surface area contributed by atoms with Crippen molar-refractivity contribution < 1.29 is 19.1 Å². The van der Waals surface area contributed by atoms with Gasteiger partial charge in [-0.15, -0.1) is 0 Å². The highest BCUT2D eigenvalue weighted by molar-refractivity contribution is 6.28. The number of nitrogens with one attached hydrogen (secondary N) is 1. The summed E-state index contributed by atoms with van der Waals surface area (Å²) in [6.07, 6.45) is 6.69. The van der Waals surface area contributed by atoms with Crippen molar-refractivity contribution in [1.29, 1.82) is 0 Å². The summed E-state index contributed by atoms with van der Waals surface area (Å²) >= 11 is 6.50. The number of ether oxygens (including phenoxy) is 3. The number of aromatic nitrogens is 4. The number of anilines is 5. The van der Waals surface area contributed by atoms with Crippen LogP contribution in [0.5, 0.6) is 0 Å². The van der Waals surface area contributed by atoms with Gasteiger partial charge in [-0.2, -0.15) is 0 Å². The van der Waals surface area contributed by atoms with E-state index in [2.05, 4.69) is 54.2 Å². The molecule has 0 radical (unpaired) electrons. The summed E-state index contributed by atoms with van der Waals surface area (Å²) < 4.78 is 18.1. The monoisotopic (exact) mass is 737 g/mol. The summed E-state index contributed by atoms with van der Waals surface area (Å²) in [5.74, 6) is 3.00. The van der Waals surface area contributed by atoms with Crippen LogP contribution in [0.4, 0.5) is 34.5 Å². The second-order valence-corrected chi connectivity index (χ2v) is 15.3. The van der Waals surface area contributed by atoms with Crippen LogP contribution in [0, 0.1) is 10.1 Å². The van der Waals surface area contributed by atoms with E-state index < -0.39 is 0 Å². The molecule has 1 N–H and O–H groups in total. The summed E-state index contributed by atoms with van der Waals surface area (Å²) in [4.78, 5) is 37.9. The molecule has 8 heterocycles. The van der Waals surface area contributed by atoms with Gasteiger partial charge in [0, 0.05) is 48.1 Å². The highest BCUT2D eigenvalue weighted by Crippen LogP contribution is 2.46. The molecule has 2 aromatic heterocycles. The lowest BCUT2D eigenvalue weighted by Crippen LogP contribution is -2.48. The molecule has 6 bridgehead atoms. The van der Waals surface area contributed by atoms with Crippen molar-refractivity contribution in [3.05, 3.63) is 70.0 Å². The van der Waals surface area contributed by atoms with Gasteiger partial charge in [-0.1, -0.05) is 12.1 Å². The number of hydrogen-bond donors (Lipinski definition) is 1. The Labute approximate surface area is 311 Å². The molecule has 53 heavy (non-hydrogen) atoms. The van der Waals surface area contributed by atoms with Gasteiger partial charge in [0.15, 0.2) is 17.5 Å². The fraction of sp³-hybridized carbons (Fsp3) is 0.474. The molecule has 4 aromatic rings. The molecule has 14 nitrogen and oxygen atoms in total. The molecule has 0 spiro atoms. The van der Waals surface area contributed by atoms with Crippen LogP contribution < -0.4 is 20.0 Å². The third-order valence-corrected chi connectivity index (χ3v) is 11.8. The van der Waals surface area contributed by atoms with Crippen LogP contribution in [0.25, 0.3) is 22.6 Å². The molecule has 0 aliphatic carbocycles.